The van der Waals surface area contributed by atoms with Crippen molar-refractivity contribution < 1.29 is 15.0 Å². The highest BCUT2D eigenvalue weighted by Gasteiger charge is 2.18. The molecular weight excluding hydrogens is 963 g/mol. The van der Waals surface area contributed by atoms with Crippen LogP contribution in [0.1, 0.15) is 367 Å². The van der Waals surface area contributed by atoms with Crippen molar-refractivity contribution in [3.63, 3.8) is 0 Å². The molecule has 0 radical (unpaired) electrons. The summed E-state index contributed by atoms with van der Waals surface area (Å²) in [6.07, 6.45) is 102. The quantitative estimate of drug-likeness (QED) is 0.0420. The molecule has 3 N–H and O–H groups in total. The van der Waals surface area contributed by atoms with E-state index in [2.05, 4.69) is 92.1 Å². The number of rotatable bonds is 65. The molecule has 0 aromatic heterocycles. The molecule has 2 unspecified atom stereocenters. The van der Waals surface area contributed by atoms with Gasteiger partial charge in [-0.2, -0.15) is 0 Å². The third-order valence-electron chi connectivity index (χ3n) is 16.1. The van der Waals surface area contributed by atoms with Crippen LogP contribution in [0, 0.1) is 0 Å². The van der Waals surface area contributed by atoms with E-state index >= 15 is 0 Å². The topological polar surface area (TPSA) is 69.6 Å². The fourth-order valence-corrected chi connectivity index (χ4v) is 10.8. The lowest BCUT2D eigenvalue weighted by Gasteiger charge is -2.20. The van der Waals surface area contributed by atoms with Crippen molar-refractivity contribution in [1.29, 1.82) is 0 Å². The summed E-state index contributed by atoms with van der Waals surface area (Å²) in [5.41, 5.74) is 0. The van der Waals surface area contributed by atoms with Gasteiger partial charge in [0.1, 0.15) is 0 Å². The van der Waals surface area contributed by atoms with Crippen LogP contribution in [0.2, 0.25) is 0 Å². The Labute approximate surface area is 494 Å². The summed E-state index contributed by atoms with van der Waals surface area (Å²) in [5.74, 6) is -0.0587. The number of unbranched alkanes of at least 4 members (excludes halogenated alkanes) is 46. The van der Waals surface area contributed by atoms with E-state index < -0.39 is 12.1 Å². The van der Waals surface area contributed by atoms with E-state index in [0.717, 1.165) is 64.2 Å². The summed E-state index contributed by atoms with van der Waals surface area (Å²) in [7, 11) is 0. The van der Waals surface area contributed by atoms with Crippen LogP contribution in [-0.2, 0) is 4.79 Å². The van der Waals surface area contributed by atoms with Crippen LogP contribution in [0.15, 0.2) is 85.1 Å². The van der Waals surface area contributed by atoms with Crippen LogP contribution < -0.4 is 5.32 Å². The SMILES string of the molecule is CC/C=C\C/C=C\C/C=C\C/C=C\C/C=C\C/C=C\CCCCCCCCCCCCCCCCCCCCCCC(=O)NC(CO)C(O)/C=C/CCCCCCCCCCCCCCCCCCCCCCCCCCCC. The summed E-state index contributed by atoms with van der Waals surface area (Å²) in [6, 6.07) is -0.626. The highest BCUT2D eigenvalue weighted by Crippen LogP contribution is 2.19. The van der Waals surface area contributed by atoms with Crippen molar-refractivity contribution in [3.8, 4) is 0 Å². The number of carbonyl (C=O) groups excluding carboxylic acids is 1. The minimum absolute atomic E-state index is 0.0587. The number of carbonyl (C=O) groups is 1. The summed E-state index contributed by atoms with van der Waals surface area (Å²) < 4.78 is 0. The first-order valence-electron chi connectivity index (χ1n) is 35.3. The maximum Gasteiger partial charge on any atom is 0.220 e. The third-order valence-corrected chi connectivity index (χ3v) is 16.1. The van der Waals surface area contributed by atoms with Crippen LogP contribution >= 0.6 is 0 Å². The molecule has 0 fully saturated rings. The fraction of sp³-hybridized carbons (Fsp3) is 0.800. The van der Waals surface area contributed by atoms with Gasteiger partial charge in [0.2, 0.25) is 5.91 Å². The molecule has 0 heterocycles. The minimum atomic E-state index is -0.843. The summed E-state index contributed by atoms with van der Waals surface area (Å²) in [6.45, 7) is 4.23. The van der Waals surface area contributed by atoms with Gasteiger partial charge in [-0.1, -0.05) is 375 Å². The molecule has 0 saturated carbocycles. The minimum Gasteiger partial charge on any atom is -0.394 e. The van der Waals surface area contributed by atoms with Crippen LogP contribution in [0.5, 0.6) is 0 Å². The van der Waals surface area contributed by atoms with E-state index in [0.29, 0.717) is 6.42 Å². The monoisotopic (exact) mass is 1100 g/mol. The molecule has 4 heteroatoms. The number of nitrogens with one attached hydrogen (secondary N) is 1. The van der Waals surface area contributed by atoms with Crippen molar-refractivity contribution in [1.82, 2.24) is 5.32 Å². The summed E-state index contributed by atoms with van der Waals surface area (Å²) in [4.78, 5) is 12.5. The standard InChI is InChI=1S/C75H137NO3/c1-3-5-7-9-11-13-15-17-19-21-23-25-27-29-31-33-34-35-36-37-38-39-40-41-42-43-45-47-49-51-53-55-57-59-61-63-65-67-69-71-75(79)76-73(72-77)74(78)70-68-66-64-62-60-58-56-54-52-50-48-46-44-32-30-28-26-24-22-20-18-16-14-12-10-8-6-4-2/h5,7,11,13,17,19,23,25,29,31,34-35,68,70,73-74,77-78H,3-4,6,8-10,12,14-16,18,20-22,24,26-28,30,32-33,36-67,69,71-72H2,1-2H3,(H,76,79)/b7-5-,13-11-,19-17-,25-23-,31-29-,35-34-,70-68+. The van der Waals surface area contributed by atoms with Crippen molar-refractivity contribution in [2.75, 3.05) is 6.61 Å². The molecule has 4 nitrogen and oxygen atoms in total. The van der Waals surface area contributed by atoms with Gasteiger partial charge in [-0.15, -0.1) is 0 Å². The predicted octanol–water partition coefficient (Wildman–Crippen LogP) is 24.2. The van der Waals surface area contributed by atoms with Crippen LogP contribution in [-0.4, -0.2) is 34.9 Å². The Morgan fingerprint density at radius 3 is 0.835 bits per heavy atom. The van der Waals surface area contributed by atoms with Crippen LogP contribution in [0.4, 0.5) is 0 Å². The Balaban J connectivity index is 3.45. The number of hydrogen-bond acceptors (Lipinski definition) is 3. The number of amides is 1. The van der Waals surface area contributed by atoms with Gasteiger partial charge >= 0.3 is 0 Å². The third kappa shape index (κ3) is 66.3. The molecule has 1 amide bonds. The van der Waals surface area contributed by atoms with E-state index in [1.807, 2.05) is 6.08 Å². The highest BCUT2D eigenvalue weighted by molar-refractivity contribution is 5.76. The molecule has 0 aromatic rings. The molecular formula is C75H137NO3. The molecule has 0 rings (SSSR count). The number of aliphatic hydroxyl groups excluding tert-OH is 2. The molecule has 0 aromatic carbocycles. The molecule has 0 aliphatic carbocycles. The maximum absolute atomic E-state index is 12.5. The number of allylic oxidation sites excluding steroid dienone is 13. The van der Waals surface area contributed by atoms with Crippen molar-refractivity contribution >= 4 is 5.91 Å². The summed E-state index contributed by atoms with van der Waals surface area (Å²) in [5, 5.41) is 23.3. The Bertz CT molecular complexity index is 1390. The second-order valence-electron chi connectivity index (χ2n) is 23.9. The van der Waals surface area contributed by atoms with Crippen molar-refractivity contribution in [3.05, 3.63) is 85.1 Å². The van der Waals surface area contributed by atoms with Crippen molar-refractivity contribution in [2.45, 2.75) is 379 Å². The zero-order valence-corrected chi connectivity index (χ0v) is 53.1. The number of aliphatic hydroxyl groups is 2. The van der Waals surface area contributed by atoms with E-state index in [9.17, 15) is 15.0 Å². The van der Waals surface area contributed by atoms with Crippen molar-refractivity contribution in [2.24, 2.45) is 0 Å². The van der Waals surface area contributed by atoms with E-state index in [4.69, 9.17) is 0 Å². The average molecular weight is 1100 g/mol. The van der Waals surface area contributed by atoms with Gasteiger partial charge in [0.15, 0.2) is 0 Å². The van der Waals surface area contributed by atoms with Gasteiger partial charge in [-0.05, 0) is 70.6 Å². The first-order chi connectivity index (χ1) is 39.2. The van der Waals surface area contributed by atoms with Crippen LogP contribution in [0.25, 0.3) is 0 Å². The smallest absolute Gasteiger partial charge is 0.220 e. The second kappa shape index (κ2) is 69.8. The lowest BCUT2D eigenvalue weighted by Crippen LogP contribution is -2.45. The van der Waals surface area contributed by atoms with Gasteiger partial charge in [0.25, 0.3) is 0 Å². The van der Waals surface area contributed by atoms with Gasteiger partial charge in [-0.3, -0.25) is 4.79 Å². The second-order valence-corrected chi connectivity index (χ2v) is 23.9. The molecule has 2 atom stereocenters. The molecule has 460 valence electrons. The predicted molar refractivity (Wildman–Crippen MR) is 354 cm³/mol. The lowest BCUT2D eigenvalue weighted by molar-refractivity contribution is -0.123. The first kappa shape index (κ1) is 76.6. The molecule has 0 bridgehead atoms. The Morgan fingerprint density at radius 2 is 0.557 bits per heavy atom. The van der Waals surface area contributed by atoms with Gasteiger partial charge in [-0.25, -0.2) is 0 Å². The zero-order valence-electron chi connectivity index (χ0n) is 53.1. The Kier molecular flexibility index (Phi) is 67.7. The Hall–Kier alpha value is -2.43. The largest absolute Gasteiger partial charge is 0.394 e. The normalized spacial score (nSPS) is 13.2. The molecule has 0 saturated heterocycles. The molecule has 0 spiro atoms. The molecule has 0 aliphatic heterocycles. The average Bonchev–Trinajstić information content (AvgIpc) is 3.45. The fourth-order valence-electron chi connectivity index (χ4n) is 10.8. The molecule has 79 heavy (non-hydrogen) atoms. The number of hydrogen-bond donors (Lipinski definition) is 3. The lowest BCUT2D eigenvalue weighted by atomic mass is 10.0. The van der Waals surface area contributed by atoms with Gasteiger partial charge in [0, 0.05) is 6.42 Å². The summed E-state index contributed by atoms with van der Waals surface area (Å²) >= 11 is 0. The maximum atomic E-state index is 12.5. The first-order valence-corrected chi connectivity index (χ1v) is 35.3. The molecule has 0 aliphatic rings. The zero-order chi connectivity index (χ0) is 56.9. The Morgan fingerprint density at radius 1 is 0.316 bits per heavy atom. The van der Waals surface area contributed by atoms with Crippen LogP contribution in [0.3, 0.4) is 0 Å². The van der Waals surface area contributed by atoms with Gasteiger partial charge < -0.3 is 15.5 Å². The van der Waals surface area contributed by atoms with E-state index in [1.54, 1.807) is 6.08 Å². The van der Waals surface area contributed by atoms with Gasteiger partial charge in [0.05, 0.1) is 18.8 Å². The van der Waals surface area contributed by atoms with E-state index in [1.165, 1.54) is 283 Å². The van der Waals surface area contributed by atoms with E-state index in [-0.39, 0.29) is 12.5 Å². The highest BCUT2D eigenvalue weighted by atomic mass is 16.3.